The van der Waals surface area contributed by atoms with Crippen molar-refractivity contribution in [3.8, 4) is 0 Å². The van der Waals surface area contributed by atoms with Crippen molar-refractivity contribution >= 4 is 21.6 Å². The van der Waals surface area contributed by atoms with Crippen LogP contribution < -0.4 is 5.56 Å². The summed E-state index contributed by atoms with van der Waals surface area (Å²) in [7, 11) is 1.58. The zero-order chi connectivity index (χ0) is 18.0. The van der Waals surface area contributed by atoms with Gasteiger partial charge in [-0.25, -0.2) is 4.98 Å². The number of aliphatic hydroxyl groups is 1. The number of aliphatic hydroxyl groups excluding tert-OH is 1. The topological polar surface area (TPSA) is 78.5 Å². The molecule has 3 rings (SSSR count). The molecule has 0 aliphatic heterocycles. The zero-order valence-corrected chi connectivity index (χ0v) is 16.0. The van der Waals surface area contributed by atoms with Gasteiger partial charge in [-0.15, -0.1) is 11.3 Å². The van der Waals surface area contributed by atoms with Crippen LogP contribution in [0.4, 0.5) is 0 Å². The van der Waals surface area contributed by atoms with E-state index >= 15 is 0 Å². The summed E-state index contributed by atoms with van der Waals surface area (Å²) in [5.41, 5.74) is 1.18. The van der Waals surface area contributed by atoms with Gasteiger partial charge in [0.05, 0.1) is 24.6 Å². The van der Waals surface area contributed by atoms with Crippen molar-refractivity contribution in [3.63, 3.8) is 0 Å². The second-order valence-corrected chi connectivity index (χ2v) is 8.12. The molecule has 0 saturated heterocycles. The number of nitrogens with zero attached hydrogens (tertiary/aromatic N) is 2. The molecule has 1 unspecified atom stereocenters. The fraction of sp³-hybridized carbons (Fsp3) is 0.667. The molecule has 2 aromatic heterocycles. The lowest BCUT2D eigenvalue weighted by Gasteiger charge is -2.27. The molecule has 0 bridgehead atoms. The lowest BCUT2D eigenvalue weighted by molar-refractivity contribution is 0.0272. The Hall–Kier alpha value is -1.28. The summed E-state index contributed by atoms with van der Waals surface area (Å²) in [5.74, 6) is 0.661. The van der Waals surface area contributed by atoms with Gasteiger partial charge in [-0.3, -0.25) is 9.69 Å². The van der Waals surface area contributed by atoms with Crippen LogP contribution in [0, 0.1) is 0 Å². The van der Waals surface area contributed by atoms with Crippen LogP contribution >= 0.6 is 11.3 Å². The first-order valence-corrected chi connectivity index (χ1v) is 9.75. The molecule has 2 aromatic rings. The van der Waals surface area contributed by atoms with Gasteiger partial charge >= 0.3 is 0 Å². The molecule has 1 aliphatic carbocycles. The number of rotatable bonds is 7. The largest absolute Gasteiger partial charge is 0.389 e. The molecular formula is C18H27N3O3S. The number of fused-ring (bicyclic) bond motifs is 3. The van der Waals surface area contributed by atoms with E-state index in [0.29, 0.717) is 25.5 Å². The summed E-state index contributed by atoms with van der Waals surface area (Å²) in [5, 5.41) is 10.8. The number of ether oxygens (including phenoxy) is 1. The first kappa shape index (κ1) is 18.5. The van der Waals surface area contributed by atoms with Crippen molar-refractivity contribution in [2.45, 2.75) is 58.2 Å². The van der Waals surface area contributed by atoms with E-state index in [1.54, 1.807) is 18.4 Å². The Kier molecular flexibility index (Phi) is 5.89. The van der Waals surface area contributed by atoms with E-state index in [1.807, 2.05) is 0 Å². The molecule has 0 aromatic carbocycles. The molecule has 138 valence electrons. The van der Waals surface area contributed by atoms with E-state index in [4.69, 9.17) is 9.72 Å². The SMILES string of the molecule is COCC(O)CN(Cc1nc2sc3c(c2c(=O)[nH]1)CCCC3)C(C)C. The van der Waals surface area contributed by atoms with E-state index in [-0.39, 0.29) is 11.6 Å². The lowest BCUT2D eigenvalue weighted by Crippen LogP contribution is -2.39. The second-order valence-electron chi connectivity index (χ2n) is 7.04. The van der Waals surface area contributed by atoms with Gasteiger partial charge in [0, 0.05) is 24.6 Å². The third kappa shape index (κ3) is 4.11. The maximum Gasteiger partial charge on any atom is 0.259 e. The average Bonchev–Trinajstić information content (AvgIpc) is 2.93. The second kappa shape index (κ2) is 7.95. The normalized spacial score (nSPS) is 15.9. The summed E-state index contributed by atoms with van der Waals surface area (Å²) in [6.45, 7) is 5.42. The van der Waals surface area contributed by atoms with Gasteiger partial charge in [-0.05, 0) is 45.1 Å². The highest BCUT2D eigenvalue weighted by atomic mass is 32.1. The molecule has 7 heteroatoms. The maximum atomic E-state index is 12.6. The molecule has 25 heavy (non-hydrogen) atoms. The minimum absolute atomic E-state index is 0.0273. The van der Waals surface area contributed by atoms with Gasteiger partial charge in [-0.1, -0.05) is 0 Å². The number of H-pyrrole nitrogens is 1. The minimum atomic E-state index is -0.558. The van der Waals surface area contributed by atoms with Crippen molar-refractivity contribution in [1.82, 2.24) is 14.9 Å². The smallest absolute Gasteiger partial charge is 0.259 e. The van der Waals surface area contributed by atoms with Crippen LogP contribution in [0.2, 0.25) is 0 Å². The van der Waals surface area contributed by atoms with E-state index in [2.05, 4.69) is 23.7 Å². The van der Waals surface area contributed by atoms with Gasteiger partial charge in [0.25, 0.3) is 5.56 Å². The number of hydrogen-bond donors (Lipinski definition) is 2. The first-order valence-electron chi connectivity index (χ1n) is 8.94. The van der Waals surface area contributed by atoms with Crippen molar-refractivity contribution in [2.24, 2.45) is 0 Å². The average molecular weight is 365 g/mol. The van der Waals surface area contributed by atoms with Crippen LogP contribution in [-0.2, 0) is 24.1 Å². The van der Waals surface area contributed by atoms with Gasteiger partial charge in [0.2, 0.25) is 0 Å². The Labute approximate surface area is 151 Å². The predicted octanol–water partition coefficient (Wildman–Crippen LogP) is 2.08. The summed E-state index contributed by atoms with van der Waals surface area (Å²) in [6, 6.07) is 0.226. The zero-order valence-electron chi connectivity index (χ0n) is 15.2. The predicted molar refractivity (Wildman–Crippen MR) is 100 cm³/mol. The summed E-state index contributed by atoms with van der Waals surface area (Å²) < 4.78 is 5.01. The maximum absolute atomic E-state index is 12.6. The van der Waals surface area contributed by atoms with Crippen molar-refractivity contribution < 1.29 is 9.84 Å². The minimum Gasteiger partial charge on any atom is -0.389 e. The number of aromatic amines is 1. The molecule has 0 amide bonds. The molecule has 6 nitrogen and oxygen atoms in total. The Morgan fingerprint density at radius 2 is 2.12 bits per heavy atom. The summed E-state index contributed by atoms with van der Waals surface area (Å²) in [4.78, 5) is 24.6. The molecule has 1 atom stereocenters. The fourth-order valence-electron chi connectivity index (χ4n) is 3.45. The van der Waals surface area contributed by atoms with Crippen LogP contribution in [0.3, 0.4) is 0 Å². The highest BCUT2D eigenvalue weighted by molar-refractivity contribution is 7.18. The Morgan fingerprint density at radius 1 is 1.36 bits per heavy atom. The van der Waals surface area contributed by atoms with Crippen LogP contribution in [0.1, 0.15) is 43.0 Å². The Bertz CT molecular complexity index is 784. The monoisotopic (exact) mass is 365 g/mol. The molecule has 2 N–H and O–H groups in total. The fourth-order valence-corrected chi connectivity index (χ4v) is 4.73. The van der Waals surface area contributed by atoms with Crippen molar-refractivity contribution in [2.75, 3.05) is 20.3 Å². The molecule has 0 spiro atoms. The highest BCUT2D eigenvalue weighted by Gasteiger charge is 2.21. The van der Waals surface area contributed by atoms with Crippen molar-refractivity contribution in [3.05, 3.63) is 26.6 Å². The van der Waals surface area contributed by atoms with Crippen LogP contribution in [0.5, 0.6) is 0 Å². The van der Waals surface area contributed by atoms with Crippen LogP contribution in [0.15, 0.2) is 4.79 Å². The lowest BCUT2D eigenvalue weighted by atomic mass is 9.97. The molecular weight excluding hydrogens is 338 g/mol. The third-order valence-electron chi connectivity index (χ3n) is 4.76. The first-order chi connectivity index (χ1) is 12.0. The highest BCUT2D eigenvalue weighted by Crippen LogP contribution is 2.33. The van der Waals surface area contributed by atoms with E-state index in [1.165, 1.54) is 16.9 Å². The van der Waals surface area contributed by atoms with Crippen molar-refractivity contribution in [1.29, 1.82) is 0 Å². The van der Waals surface area contributed by atoms with Crippen LogP contribution in [-0.4, -0.2) is 52.4 Å². The van der Waals surface area contributed by atoms with Crippen LogP contribution in [0.25, 0.3) is 10.2 Å². The number of aryl methyl sites for hydroxylation is 2. The third-order valence-corrected chi connectivity index (χ3v) is 5.95. The standard InChI is InChI=1S/C18H27N3O3S/c1-11(2)21(8-12(22)10-24-3)9-15-19-17(23)16-13-6-4-5-7-14(13)25-18(16)20-15/h11-12,22H,4-10H2,1-3H3,(H,19,20,23). The number of thiophene rings is 1. The Balaban J connectivity index is 1.86. The van der Waals surface area contributed by atoms with E-state index < -0.39 is 6.10 Å². The van der Waals surface area contributed by atoms with E-state index in [0.717, 1.165) is 29.5 Å². The van der Waals surface area contributed by atoms with Gasteiger partial charge < -0.3 is 14.8 Å². The van der Waals surface area contributed by atoms with Gasteiger partial charge in [0.1, 0.15) is 10.7 Å². The molecule has 0 radical (unpaired) electrons. The van der Waals surface area contributed by atoms with Gasteiger partial charge in [-0.2, -0.15) is 0 Å². The molecule has 0 saturated carbocycles. The van der Waals surface area contributed by atoms with E-state index in [9.17, 15) is 9.90 Å². The number of nitrogens with one attached hydrogen (secondary N) is 1. The number of methoxy groups -OCH3 is 1. The molecule has 2 heterocycles. The quantitative estimate of drug-likeness (QED) is 0.785. The molecule has 1 aliphatic rings. The summed E-state index contributed by atoms with van der Waals surface area (Å²) >= 11 is 1.67. The Morgan fingerprint density at radius 3 is 2.84 bits per heavy atom. The number of aromatic nitrogens is 2. The molecule has 0 fully saturated rings. The summed E-state index contributed by atoms with van der Waals surface area (Å²) in [6.07, 6.45) is 3.84. The number of hydrogen-bond acceptors (Lipinski definition) is 6. The van der Waals surface area contributed by atoms with Gasteiger partial charge in [0.15, 0.2) is 0 Å².